The molecule has 0 radical (unpaired) electrons. The van der Waals surface area contributed by atoms with E-state index in [4.69, 9.17) is 4.42 Å². The molecular formula is C17H17F3N2O3. The molecule has 1 aliphatic rings. The molecule has 1 aromatic carbocycles. The third kappa shape index (κ3) is 3.96. The number of furan rings is 1. The lowest BCUT2D eigenvalue weighted by Crippen LogP contribution is -2.43. The van der Waals surface area contributed by atoms with Crippen molar-refractivity contribution in [2.75, 3.05) is 11.9 Å². The van der Waals surface area contributed by atoms with Crippen LogP contribution in [0.25, 0.3) is 0 Å². The van der Waals surface area contributed by atoms with E-state index in [1.165, 1.54) is 18.4 Å². The first kappa shape index (κ1) is 17.3. The van der Waals surface area contributed by atoms with Crippen LogP contribution >= 0.6 is 0 Å². The monoisotopic (exact) mass is 354 g/mol. The van der Waals surface area contributed by atoms with Crippen molar-refractivity contribution < 1.29 is 27.5 Å². The summed E-state index contributed by atoms with van der Waals surface area (Å²) in [6.45, 7) is -0.0579. The van der Waals surface area contributed by atoms with Gasteiger partial charge in [0.05, 0.1) is 18.4 Å². The van der Waals surface area contributed by atoms with Gasteiger partial charge >= 0.3 is 12.2 Å². The number of aliphatic hydroxyl groups is 1. The molecule has 1 unspecified atom stereocenters. The molecule has 1 aromatic heterocycles. The molecule has 2 aromatic rings. The van der Waals surface area contributed by atoms with Gasteiger partial charge in [-0.15, -0.1) is 0 Å². The summed E-state index contributed by atoms with van der Waals surface area (Å²) in [7, 11) is 0. The Hall–Kier alpha value is -2.48. The fourth-order valence-electron chi connectivity index (χ4n) is 2.65. The molecule has 1 saturated carbocycles. The van der Waals surface area contributed by atoms with Gasteiger partial charge in [0.2, 0.25) is 0 Å². The Morgan fingerprint density at radius 1 is 1.20 bits per heavy atom. The summed E-state index contributed by atoms with van der Waals surface area (Å²) >= 11 is 0. The fourth-order valence-corrected chi connectivity index (χ4v) is 2.65. The molecule has 1 heterocycles. The van der Waals surface area contributed by atoms with Crippen LogP contribution in [0.1, 0.15) is 24.2 Å². The van der Waals surface area contributed by atoms with Crippen molar-refractivity contribution in [2.45, 2.75) is 24.6 Å². The Balaban J connectivity index is 1.59. The maximum atomic E-state index is 12.5. The van der Waals surface area contributed by atoms with Gasteiger partial charge in [-0.25, -0.2) is 4.79 Å². The normalized spacial score (nSPS) is 17.0. The van der Waals surface area contributed by atoms with Crippen molar-refractivity contribution in [3.05, 3.63) is 54.0 Å². The lowest BCUT2D eigenvalue weighted by atomic mass is 9.94. The van der Waals surface area contributed by atoms with Crippen molar-refractivity contribution in [3.8, 4) is 0 Å². The number of amides is 2. The summed E-state index contributed by atoms with van der Waals surface area (Å²) in [6, 6.07) is 6.80. The van der Waals surface area contributed by atoms with Gasteiger partial charge < -0.3 is 20.2 Å². The minimum absolute atomic E-state index is 0.00465. The van der Waals surface area contributed by atoms with E-state index in [9.17, 15) is 23.1 Å². The van der Waals surface area contributed by atoms with E-state index in [-0.39, 0.29) is 18.2 Å². The summed E-state index contributed by atoms with van der Waals surface area (Å²) in [5.41, 5.74) is -1.86. The Labute approximate surface area is 141 Å². The Bertz CT molecular complexity index is 725. The zero-order valence-electron chi connectivity index (χ0n) is 13.1. The Kier molecular flexibility index (Phi) is 4.47. The number of halogens is 3. The number of anilines is 1. The number of hydrogen-bond donors (Lipinski definition) is 3. The average molecular weight is 354 g/mol. The van der Waals surface area contributed by atoms with Gasteiger partial charge in [0.25, 0.3) is 0 Å². The maximum Gasteiger partial charge on any atom is 0.416 e. The number of hydrogen-bond acceptors (Lipinski definition) is 3. The highest BCUT2D eigenvalue weighted by Crippen LogP contribution is 2.45. The van der Waals surface area contributed by atoms with Gasteiger partial charge in [-0.3, -0.25) is 0 Å². The number of urea groups is 1. The molecule has 0 aliphatic heterocycles. The quantitative estimate of drug-likeness (QED) is 0.766. The molecule has 3 N–H and O–H groups in total. The van der Waals surface area contributed by atoms with Crippen LogP contribution in [0.3, 0.4) is 0 Å². The van der Waals surface area contributed by atoms with Crippen molar-refractivity contribution in [2.24, 2.45) is 5.92 Å². The highest BCUT2D eigenvalue weighted by Gasteiger charge is 2.47. The predicted molar refractivity (Wildman–Crippen MR) is 83.8 cm³/mol. The molecule has 2 amide bonds. The van der Waals surface area contributed by atoms with Crippen LogP contribution in [0, 0.1) is 5.92 Å². The first-order valence-electron chi connectivity index (χ1n) is 7.77. The standard InChI is InChI=1S/C17H17F3N2O3/c18-17(19,20)12-5-7-13(8-6-12)22-15(23)21-10-16(24,11-3-4-11)14-2-1-9-25-14/h1-2,5-9,11,24H,3-4,10H2,(H2,21,22,23). The minimum Gasteiger partial charge on any atom is -0.466 e. The minimum atomic E-state index is -4.43. The largest absolute Gasteiger partial charge is 0.466 e. The third-order valence-corrected chi connectivity index (χ3v) is 4.19. The Morgan fingerprint density at radius 3 is 2.40 bits per heavy atom. The van der Waals surface area contributed by atoms with Crippen LogP contribution in [0.15, 0.2) is 47.1 Å². The summed E-state index contributed by atoms with van der Waals surface area (Å²) in [6.07, 6.45) is -1.31. The molecule has 134 valence electrons. The van der Waals surface area contributed by atoms with Crippen molar-refractivity contribution >= 4 is 11.7 Å². The molecule has 5 nitrogen and oxygen atoms in total. The lowest BCUT2D eigenvalue weighted by Gasteiger charge is -2.26. The van der Waals surface area contributed by atoms with Gasteiger partial charge in [-0.05, 0) is 55.2 Å². The first-order valence-corrected chi connectivity index (χ1v) is 7.77. The number of alkyl halides is 3. The van der Waals surface area contributed by atoms with Crippen LogP contribution in [-0.4, -0.2) is 17.7 Å². The topological polar surface area (TPSA) is 74.5 Å². The number of nitrogens with one attached hydrogen (secondary N) is 2. The number of carbonyl (C=O) groups is 1. The highest BCUT2D eigenvalue weighted by molar-refractivity contribution is 5.89. The number of carbonyl (C=O) groups excluding carboxylic acids is 1. The zero-order chi connectivity index (χ0) is 18.1. The number of benzene rings is 1. The summed E-state index contributed by atoms with van der Waals surface area (Å²) in [4.78, 5) is 12.0. The number of rotatable bonds is 5. The van der Waals surface area contributed by atoms with Crippen molar-refractivity contribution in [1.29, 1.82) is 0 Å². The second-order valence-electron chi connectivity index (χ2n) is 6.06. The molecule has 0 bridgehead atoms. The van der Waals surface area contributed by atoms with Gasteiger partial charge in [0, 0.05) is 5.69 Å². The molecule has 1 fully saturated rings. The summed E-state index contributed by atoms with van der Waals surface area (Å²) in [5, 5.41) is 15.8. The van der Waals surface area contributed by atoms with E-state index >= 15 is 0 Å². The van der Waals surface area contributed by atoms with Gasteiger partial charge in [0.1, 0.15) is 11.4 Å². The SMILES string of the molecule is O=C(NCC(O)(c1ccco1)C1CC1)Nc1ccc(C(F)(F)F)cc1. The van der Waals surface area contributed by atoms with E-state index in [0.29, 0.717) is 5.76 Å². The van der Waals surface area contributed by atoms with Gasteiger partial charge in [0.15, 0.2) is 0 Å². The highest BCUT2D eigenvalue weighted by atomic mass is 19.4. The van der Waals surface area contributed by atoms with Gasteiger partial charge in [-0.2, -0.15) is 13.2 Å². The third-order valence-electron chi connectivity index (χ3n) is 4.19. The predicted octanol–water partition coefficient (Wildman–Crippen LogP) is 3.72. The van der Waals surface area contributed by atoms with E-state index in [2.05, 4.69) is 10.6 Å². The van der Waals surface area contributed by atoms with Crippen LogP contribution in [-0.2, 0) is 11.8 Å². The fraction of sp³-hybridized carbons (Fsp3) is 0.353. The molecule has 1 aliphatic carbocycles. The molecule has 0 spiro atoms. The van der Waals surface area contributed by atoms with E-state index in [1.54, 1.807) is 12.1 Å². The van der Waals surface area contributed by atoms with Gasteiger partial charge in [-0.1, -0.05) is 0 Å². The molecule has 1 atom stereocenters. The van der Waals surface area contributed by atoms with Crippen LogP contribution in [0.4, 0.5) is 23.7 Å². The summed E-state index contributed by atoms with van der Waals surface area (Å²) in [5.74, 6) is 0.384. The second-order valence-corrected chi connectivity index (χ2v) is 6.06. The molecule has 0 saturated heterocycles. The van der Waals surface area contributed by atoms with Crippen LogP contribution < -0.4 is 10.6 Å². The van der Waals surface area contributed by atoms with Crippen molar-refractivity contribution in [3.63, 3.8) is 0 Å². The maximum absolute atomic E-state index is 12.5. The van der Waals surface area contributed by atoms with E-state index in [0.717, 1.165) is 25.0 Å². The molecule has 8 heteroatoms. The summed E-state index contributed by atoms with van der Waals surface area (Å²) < 4.78 is 42.8. The molecule has 3 rings (SSSR count). The smallest absolute Gasteiger partial charge is 0.416 e. The molecular weight excluding hydrogens is 337 g/mol. The van der Waals surface area contributed by atoms with E-state index < -0.39 is 23.4 Å². The van der Waals surface area contributed by atoms with E-state index in [1.807, 2.05) is 0 Å². The Morgan fingerprint density at radius 2 is 1.88 bits per heavy atom. The second kappa shape index (κ2) is 6.44. The van der Waals surface area contributed by atoms with Crippen LogP contribution in [0.2, 0.25) is 0 Å². The lowest BCUT2D eigenvalue weighted by molar-refractivity contribution is -0.137. The molecule has 25 heavy (non-hydrogen) atoms. The van der Waals surface area contributed by atoms with Crippen molar-refractivity contribution in [1.82, 2.24) is 5.32 Å². The zero-order valence-corrected chi connectivity index (χ0v) is 13.1. The first-order chi connectivity index (χ1) is 11.8. The van der Waals surface area contributed by atoms with Crippen LogP contribution in [0.5, 0.6) is 0 Å². The average Bonchev–Trinajstić information content (AvgIpc) is 3.27.